The molecule has 0 saturated heterocycles. The van der Waals surface area contributed by atoms with E-state index in [1.54, 1.807) is 24.5 Å². The molecule has 0 saturated carbocycles. The third-order valence-electron chi connectivity index (χ3n) is 2.01. The largest absolute Gasteiger partial charge is 0.326 e. The lowest BCUT2D eigenvalue weighted by Crippen LogP contribution is -2.14. The van der Waals surface area contributed by atoms with Crippen LogP contribution < -0.4 is 5.32 Å². The van der Waals surface area contributed by atoms with Crippen molar-refractivity contribution in [3.05, 3.63) is 40.6 Å². The van der Waals surface area contributed by atoms with Gasteiger partial charge in [0.15, 0.2) is 0 Å². The summed E-state index contributed by atoms with van der Waals surface area (Å²) in [6.45, 7) is 0. The fourth-order valence-corrected chi connectivity index (χ4v) is 2.29. The zero-order valence-electron chi connectivity index (χ0n) is 8.89. The maximum absolute atomic E-state index is 11.7. The number of anilines is 1. The summed E-state index contributed by atoms with van der Waals surface area (Å²) < 4.78 is 0. The molecule has 0 bridgehead atoms. The topological polar surface area (TPSA) is 54.9 Å². The van der Waals surface area contributed by atoms with Gasteiger partial charge >= 0.3 is 0 Å². The number of alkyl halides is 1. The number of nitrogens with zero attached hydrogens (tertiary/aromatic N) is 2. The minimum absolute atomic E-state index is 0.0910. The number of halogens is 1. The van der Waals surface area contributed by atoms with E-state index >= 15 is 0 Å². The molecule has 2 aromatic heterocycles. The highest BCUT2D eigenvalue weighted by Crippen LogP contribution is 2.13. The molecule has 0 spiro atoms. The van der Waals surface area contributed by atoms with Crippen LogP contribution in [0, 0.1) is 0 Å². The summed E-state index contributed by atoms with van der Waals surface area (Å²) >= 11 is 7.09. The summed E-state index contributed by atoms with van der Waals surface area (Å²) in [6, 6.07) is 3.48. The zero-order valence-corrected chi connectivity index (χ0v) is 10.5. The van der Waals surface area contributed by atoms with Gasteiger partial charge in [-0.05, 0) is 12.1 Å². The predicted molar refractivity (Wildman–Crippen MR) is 68.2 cm³/mol. The minimum Gasteiger partial charge on any atom is -0.326 e. The van der Waals surface area contributed by atoms with E-state index in [1.165, 1.54) is 11.3 Å². The molecule has 2 heterocycles. The number of carbonyl (C=O) groups excluding carboxylic acids is 1. The normalized spacial score (nSPS) is 10.2. The number of carbonyl (C=O) groups is 1. The standard InChI is InChI=1S/C11H10ClN3OS/c12-6-9-7-17-11(15-9)5-10(16)14-8-1-3-13-4-2-8/h1-4,7H,5-6H2,(H,13,14,16). The first-order valence-corrected chi connectivity index (χ1v) is 6.38. The van der Waals surface area contributed by atoms with Gasteiger partial charge in [0.2, 0.25) is 5.91 Å². The number of thiazole rings is 1. The fourth-order valence-electron chi connectivity index (χ4n) is 1.27. The Morgan fingerprint density at radius 1 is 1.41 bits per heavy atom. The van der Waals surface area contributed by atoms with Crippen molar-refractivity contribution in [1.82, 2.24) is 9.97 Å². The lowest BCUT2D eigenvalue weighted by molar-refractivity contribution is -0.115. The highest BCUT2D eigenvalue weighted by molar-refractivity contribution is 7.09. The van der Waals surface area contributed by atoms with Crippen molar-refractivity contribution in [2.24, 2.45) is 0 Å². The number of aromatic nitrogens is 2. The Balaban J connectivity index is 1.93. The van der Waals surface area contributed by atoms with E-state index in [4.69, 9.17) is 11.6 Å². The molecule has 0 unspecified atom stereocenters. The van der Waals surface area contributed by atoms with Crippen LogP contribution in [0.2, 0.25) is 0 Å². The van der Waals surface area contributed by atoms with E-state index < -0.39 is 0 Å². The average Bonchev–Trinajstić information content (AvgIpc) is 2.78. The monoisotopic (exact) mass is 267 g/mol. The number of nitrogens with one attached hydrogen (secondary N) is 1. The Kier molecular flexibility index (Phi) is 4.06. The van der Waals surface area contributed by atoms with E-state index in [1.807, 2.05) is 5.38 Å². The Morgan fingerprint density at radius 2 is 2.18 bits per heavy atom. The van der Waals surface area contributed by atoms with E-state index in [0.717, 1.165) is 16.4 Å². The van der Waals surface area contributed by atoms with E-state index in [9.17, 15) is 4.79 Å². The van der Waals surface area contributed by atoms with Crippen LogP contribution in [-0.2, 0) is 17.1 Å². The third kappa shape index (κ3) is 3.51. The molecule has 0 radical (unpaired) electrons. The zero-order chi connectivity index (χ0) is 12.1. The Hall–Kier alpha value is -1.46. The molecule has 1 N–H and O–H groups in total. The van der Waals surface area contributed by atoms with Gasteiger partial charge < -0.3 is 5.32 Å². The highest BCUT2D eigenvalue weighted by atomic mass is 35.5. The molecule has 4 nitrogen and oxygen atoms in total. The van der Waals surface area contributed by atoms with Crippen LogP contribution in [0.5, 0.6) is 0 Å². The van der Waals surface area contributed by atoms with Crippen molar-refractivity contribution in [3.8, 4) is 0 Å². The maximum atomic E-state index is 11.7. The van der Waals surface area contributed by atoms with E-state index in [2.05, 4.69) is 15.3 Å². The molecule has 0 aromatic carbocycles. The molecule has 6 heteroatoms. The molecule has 1 amide bonds. The van der Waals surface area contributed by atoms with Gasteiger partial charge in [-0.25, -0.2) is 4.98 Å². The Morgan fingerprint density at radius 3 is 2.82 bits per heavy atom. The van der Waals surface area contributed by atoms with Crippen molar-refractivity contribution < 1.29 is 4.79 Å². The van der Waals surface area contributed by atoms with Crippen LogP contribution >= 0.6 is 22.9 Å². The molecule has 0 aliphatic carbocycles. The summed E-state index contributed by atoms with van der Waals surface area (Å²) in [5.74, 6) is 0.286. The number of rotatable bonds is 4. The van der Waals surface area contributed by atoms with Crippen LogP contribution in [0.4, 0.5) is 5.69 Å². The highest BCUT2D eigenvalue weighted by Gasteiger charge is 2.07. The summed E-state index contributed by atoms with van der Waals surface area (Å²) in [7, 11) is 0. The molecular weight excluding hydrogens is 258 g/mol. The Bertz CT molecular complexity index is 500. The van der Waals surface area contributed by atoms with Gasteiger partial charge in [-0.1, -0.05) is 0 Å². The number of hydrogen-bond donors (Lipinski definition) is 1. The first-order valence-electron chi connectivity index (χ1n) is 4.97. The summed E-state index contributed by atoms with van der Waals surface area (Å²) in [4.78, 5) is 19.8. The van der Waals surface area contributed by atoms with E-state index in [0.29, 0.717) is 5.88 Å². The van der Waals surface area contributed by atoms with Crippen LogP contribution in [0.1, 0.15) is 10.7 Å². The second-order valence-corrected chi connectivity index (χ2v) is 4.54. The third-order valence-corrected chi connectivity index (χ3v) is 3.18. The van der Waals surface area contributed by atoms with Gasteiger partial charge in [-0.2, -0.15) is 0 Å². The van der Waals surface area contributed by atoms with Crippen molar-refractivity contribution in [2.45, 2.75) is 12.3 Å². The molecule has 2 rings (SSSR count). The fraction of sp³-hybridized carbons (Fsp3) is 0.182. The Labute approximate surface area is 108 Å². The number of amides is 1. The minimum atomic E-state index is -0.0910. The first kappa shape index (κ1) is 12.0. The first-order chi connectivity index (χ1) is 8.28. The summed E-state index contributed by atoms with van der Waals surface area (Å²) in [5.41, 5.74) is 1.54. The van der Waals surface area contributed by atoms with Crippen molar-refractivity contribution in [1.29, 1.82) is 0 Å². The van der Waals surface area contributed by atoms with Crippen LogP contribution in [-0.4, -0.2) is 15.9 Å². The smallest absolute Gasteiger partial charge is 0.231 e. The SMILES string of the molecule is O=C(Cc1nc(CCl)cs1)Nc1ccncc1. The average molecular weight is 268 g/mol. The second-order valence-electron chi connectivity index (χ2n) is 3.33. The lowest BCUT2D eigenvalue weighted by Gasteiger charge is -2.02. The van der Waals surface area contributed by atoms with Gasteiger partial charge in [-0.3, -0.25) is 9.78 Å². The molecule has 0 aliphatic heterocycles. The quantitative estimate of drug-likeness (QED) is 0.866. The summed E-state index contributed by atoms with van der Waals surface area (Å²) in [5, 5.41) is 5.41. The van der Waals surface area contributed by atoms with Crippen LogP contribution in [0.15, 0.2) is 29.9 Å². The van der Waals surface area contributed by atoms with Crippen LogP contribution in [0.3, 0.4) is 0 Å². The van der Waals surface area contributed by atoms with Gasteiger partial charge in [-0.15, -0.1) is 22.9 Å². The number of hydrogen-bond acceptors (Lipinski definition) is 4. The van der Waals surface area contributed by atoms with E-state index in [-0.39, 0.29) is 12.3 Å². The van der Waals surface area contributed by atoms with Crippen molar-refractivity contribution in [2.75, 3.05) is 5.32 Å². The van der Waals surface area contributed by atoms with Gasteiger partial charge in [0, 0.05) is 23.5 Å². The van der Waals surface area contributed by atoms with Crippen molar-refractivity contribution >= 4 is 34.5 Å². The van der Waals surface area contributed by atoms with Gasteiger partial charge in [0.05, 0.1) is 18.0 Å². The molecule has 2 aromatic rings. The van der Waals surface area contributed by atoms with Gasteiger partial charge in [0.25, 0.3) is 0 Å². The molecule has 17 heavy (non-hydrogen) atoms. The summed E-state index contributed by atoms with van der Waals surface area (Å²) in [6.07, 6.45) is 3.53. The van der Waals surface area contributed by atoms with Gasteiger partial charge in [0.1, 0.15) is 5.01 Å². The lowest BCUT2D eigenvalue weighted by atomic mass is 10.3. The number of pyridine rings is 1. The second kappa shape index (κ2) is 5.75. The molecule has 88 valence electrons. The molecule has 0 fully saturated rings. The van der Waals surface area contributed by atoms with Crippen LogP contribution in [0.25, 0.3) is 0 Å². The molecule has 0 aliphatic rings. The maximum Gasteiger partial charge on any atom is 0.231 e. The molecular formula is C11H10ClN3OS. The predicted octanol–water partition coefficient (Wildman–Crippen LogP) is 2.46. The van der Waals surface area contributed by atoms with Crippen molar-refractivity contribution in [3.63, 3.8) is 0 Å². The molecule has 0 atom stereocenters.